The summed E-state index contributed by atoms with van der Waals surface area (Å²) in [6, 6.07) is 0. The lowest BCUT2D eigenvalue weighted by molar-refractivity contribution is -0.161. The van der Waals surface area contributed by atoms with Crippen molar-refractivity contribution in [3.8, 4) is 0 Å². The first-order valence-corrected chi connectivity index (χ1v) is 49.4. The van der Waals surface area contributed by atoms with Crippen LogP contribution < -0.4 is 0 Å². The molecule has 0 aromatic heterocycles. The highest BCUT2D eigenvalue weighted by atomic mass is 31.2. The summed E-state index contributed by atoms with van der Waals surface area (Å²) in [6.07, 6.45) is 123. The van der Waals surface area contributed by atoms with Crippen molar-refractivity contribution >= 4 is 33.6 Å². The highest BCUT2D eigenvalue weighted by molar-refractivity contribution is 7.47. The fourth-order valence-corrected chi connectivity index (χ4v) is 13.7. The van der Waals surface area contributed by atoms with E-state index in [0.29, 0.717) is 19.3 Å². The van der Waals surface area contributed by atoms with Gasteiger partial charge >= 0.3 is 33.6 Å². The van der Waals surface area contributed by atoms with Crippen molar-refractivity contribution in [2.24, 2.45) is 0 Å². The second-order valence-corrected chi connectivity index (χ2v) is 33.2. The maximum absolute atomic E-state index is 13.1. The largest absolute Gasteiger partial charge is 0.472 e. The predicted molar refractivity (Wildman–Crippen MR) is 500 cm³/mol. The van der Waals surface area contributed by atoms with Crippen molar-refractivity contribution in [2.75, 3.05) is 39.6 Å². The third-order valence-electron chi connectivity index (χ3n) is 19.0. The Morgan fingerprint density at radius 2 is 0.420 bits per heavy atom. The zero-order chi connectivity index (χ0) is 86.5. The first-order valence-electron chi connectivity index (χ1n) is 46.4. The molecule has 0 saturated carbocycles. The number of esters is 3. The Morgan fingerprint density at radius 1 is 0.235 bits per heavy atom. The molecule has 4 N–H and O–H groups in total. The van der Waals surface area contributed by atoms with E-state index in [2.05, 4.69) is 227 Å². The van der Waals surface area contributed by atoms with Crippen LogP contribution in [-0.4, -0.2) is 95.9 Å². The van der Waals surface area contributed by atoms with Gasteiger partial charge in [0.2, 0.25) is 0 Å². The molecular weight excluding hydrogens is 1530 g/mol. The molecule has 0 amide bonds. The topological polar surface area (TPSA) is 231 Å². The maximum atomic E-state index is 13.1. The normalized spacial score (nSPS) is 14.7. The van der Waals surface area contributed by atoms with Gasteiger partial charge in [-0.2, -0.15) is 0 Å². The molecule has 0 aromatic carbocycles. The van der Waals surface area contributed by atoms with Gasteiger partial charge in [-0.1, -0.05) is 375 Å². The van der Waals surface area contributed by atoms with Gasteiger partial charge in [-0.3, -0.25) is 32.5 Å². The minimum atomic E-state index is -4.96. The fraction of sp³-hybridized carbons (Fsp3) is 0.634. The van der Waals surface area contributed by atoms with Crippen molar-refractivity contribution in [2.45, 2.75) is 373 Å². The van der Waals surface area contributed by atoms with Crippen LogP contribution in [0.15, 0.2) is 207 Å². The zero-order valence-corrected chi connectivity index (χ0v) is 76.2. The number of phosphoric ester groups is 2. The van der Waals surface area contributed by atoms with E-state index in [1.165, 1.54) is 109 Å². The molecule has 5 atom stereocenters. The smallest absolute Gasteiger partial charge is 0.463 e. The Hall–Kier alpha value is -5.87. The van der Waals surface area contributed by atoms with Crippen LogP contribution in [0.2, 0.25) is 0 Å². The van der Waals surface area contributed by atoms with Gasteiger partial charge in [0.25, 0.3) is 0 Å². The van der Waals surface area contributed by atoms with Crippen molar-refractivity contribution in [1.82, 2.24) is 0 Å². The Bertz CT molecular complexity index is 2990. The minimum Gasteiger partial charge on any atom is -0.463 e. The minimum absolute atomic E-state index is 0.0661. The van der Waals surface area contributed by atoms with Crippen molar-refractivity contribution in [3.63, 3.8) is 0 Å². The molecule has 16 nitrogen and oxygen atoms in total. The SMILES string of the molecule is CC/C=C\C/C=C\C/C=C\C/C=C\C/C=C\C/C=C\CCCCCCCCCCCCCCCCCCC(=O)OCC(O)COP(=O)(O)OCC(O)COP(=O)(O)OCC(COC(=O)CCCCCCCCCCC/C=C\C/C=C\C/C=C\C/C=C\C/C=C\CC)OC(=O)CCCCCC/C=C\C/C=C\C/C=C\C/C=C\C/C=C\C/C=C\CC. The summed E-state index contributed by atoms with van der Waals surface area (Å²) in [5.74, 6) is -1.61. The molecule has 0 aromatic rings. The molecule has 0 bridgehead atoms. The van der Waals surface area contributed by atoms with Gasteiger partial charge in [-0.25, -0.2) is 9.13 Å². The maximum Gasteiger partial charge on any atom is 0.472 e. The van der Waals surface area contributed by atoms with Gasteiger partial charge in [-0.15, -0.1) is 0 Å². The van der Waals surface area contributed by atoms with Gasteiger partial charge < -0.3 is 34.2 Å². The van der Waals surface area contributed by atoms with E-state index in [1.807, 2.05) is 0 Å². The van der Waals surface area contributed by atoms with Crippen LogP contribution in [0.1, 0.15) is 355 Å². The Kier molecular flexibility index (Phi) is 86.8. The molecule has 18 heteroatoms. The second kappa shape index (κ2) is 91.3. The first-order chi connectivity index (χ1) is 58.2. The number of aliphatic hydroxyl groups is 2. The molecule has 676 valence electrons. The average molecular weight is 1700 g/mol. The monoisotopic (exact) mass is 1700 g/mol. The summed E-state index contributed by atoms with van der Waals surface area (Å²) in [6.45, 7) is 2.32. The van der Waals surface area contributed by atoms with Crippen LogP contribution in [0.3, 0.4) is 0 Å². The van der Waals surface area contributed by atoms with Crippen molar-refractivity contribution in [3.05, 3.63) is 207 Å². The van der Waals surface area contributed by atoms with Crippen LogP contribution in [0.5, 0.6) is 0 Å². The number of aliphatic hydroxyl groups excluding tert-OH is 2. The lowest BCUT2D eigenvalue weighted by Crippen LogP contribution is -2.30. The summed E-state index contributed by atoms with van der Waals surface area (Å²) in [5, 5.41) is 20.7. The average Bonchev–Trinajstić information content (AvgIpc) is 0.912. The van der Waals surface area contributed by atoms with E-state index in [9.17, 15) is 43.5 Å². The molecule has 0 heterocycles. The molecule has 0 radical (unpaired) electrons. The number of phosphoric acid groups is 2. The van der Waals surface area contributed by atoms with Gasteiger partial charge in [-0.05, 0) is 167 Å². The first kappa shape index (κ1) is 113. The van der Waals surface area contributed by atoms with Crippen molar-refractivity contribution in [1.29, 1.82) is 0 Å². The van der Waals surface area contributed by atoms with Gasteiger partial charge in [0.05, 0.1) is 26.4 Å². The Morgan fingerprint density at radius 3 is 0.664 bits per heavy atom. The van der Waals surface area contributed by atoms with Gasteiger partial charge in [0.1, 0.15) is 25.4 Å². The van der Waals surface area contributed by atoms with E-state index in [1.54, 1.807) is 0 Å². The quantitative estimate of drug-likeness (QED) is 0.0146. The van der Waals surface area contributed by atoms with E-state index < -0.39 is 91.5 Å². The molecule has 0 fully saturated rings. The summed E-state index contributed by atoms with van der Waals surface area (Å²) < 4.78 is 61.5. The van der Waals surface area contributed by atoms with E-state index in [-0.39, 0.29) is 19.3 Å². The zero-order valence-electron chi connectivity index (χ0n) is 74.5. The number of ether oxygens (including phenoxy) is 3. The van der Waals surface area contributed by atoms with Crippen LogP contribution >= 0.6 is 15.6 Å². The highest BCUT2D eigenvalue weighted by Gasteiger charge is 2.29. The molecule has 119 heavy (non-hydrogen) atoms. The van der Waals surface area contributed by atoms with Crippen LogP contribution in [-0.2, 0) is 55.8 Å². The van der Waals surface area contributed by atoms with E-state index in [0.717, 1.165) is 186 Å². The second-order valence-electron chi connectivity index (χ2n) is 30.3. The summed E-state index contributed by atoms with van der Waals surface area (Å²) >= 11 is 0. The third-order valence-corrected chi connectivity index (χ3v) is 20.9. The molecular formula is C101H166O16P2. The van der Waals surface area contributed by atoms with Gasteiger partial charge in [0, 0.05) is 19.3 Å². The summed E-state index contributed by atoms with van der Waals surface area (Å²) in [4.78, 5) is 59.0. The molecule has 0 aliphatic heterocycles. The predicted octanol–water partition coefficient (Wildman–Crippen LogP) is 28.8. The Balaban J connectivity index is 4.60. The number of rotatable bonds is 86. The lowest BCUT2D eigenvalue weighted by Gasteiger charge is -2.21. The standard InChI is InChI=1S/C101H166O16P2/c1-4-7-10-13-16-19-22-25-28-31-34-37-40-42-43-44-45-46-47-48-49-50-51-53-56-57-60-63-66-69-72-75-78-81-84-87-99(104)111-90-96(102)91-113-118(107,108)114-92-97(103)93-115-119(109,110)116-95-98(117-101(106)89-86-83-80-77-74-71-68-65-62-59-54-39-36-33-30-27-24-21-18-15-12-9-6-3)94-112-100(105)88-85-82-79-76-73-70-67-64-61-58-55-52-41-38-35-32-29-26-23-20-17-14-11-8-5-2/h7-12,16-21,25-30,34-39,42-43,45-46,52,55,59,62,68,71,96-98,102-103H,4-6,13-15,22-24,31-33,40-41,44,47-51,53-54,56-58,60-61,63-67,69-70,72-95H2,1-3H3,(H,107,108)(H,109,110)/b10-7-,11-8-,12-9-,19-16-,20-17-,21-18-,28-25-,29-26-,30-27-,37-34-,38-35-,39-36-,43-42-,46-45-,55-52-,62-59-,71-68-. The van der Waals surface area contributed by atoms with Crippen LogP contribution in [0.25, 0.3) is 0 Å². The molecule has 0 rings (SSSR count). The van der Waals surface area contributed by atoms with Crippen molar-refractivity contribution < 1.29 is 75.8 Å². The van der Waals surface area contributed by atoms with Crippen LogP contribution in [0.4, 0.5) is 0 Å². The summed E-state index contributed by atoms with van der Waals surface area (Å²) in [7, 11) is -9.83. The molecule has 0 aliphatic rings. The Labute approximate surface area is 724 Å². The number of allylic oxidation sites excluding steroid dienone is 34. The number of carbonyl (C=O) groups is 3. The van der Waals surface area contributed by atoms with Gasteiger partial charge in [0.15, 0.2) is 6.10 Å². The molecule has 0 spiro atoms. The van der Waals surface area contributed by atoms with E-state index in [4.69, 9.17) is 32.3 Å². The molecule has 0 aliphatic carbocycles. The highest BCUT2D eigenvalue weighted by Crippen LogP contribution is 2.45. The number of hydrogen-bond donors (Lipinski definition) is 4. The summed E-state index contributed by atoms with van der Waals surface area (Å²) in [5.41, 5.74) is 0. The molecule has 5 unspecified atom stereocenters. The fourth-order valence-electron chi connectivity index (χ4n) is 12.1. The molecule has 0 saturated heterocycles. The number of unbranched alkanes of at least 4 members (excludes halogenated alkanes) is 29. The van der Waals surface area contributed by atoms with E-state index >= 15 is 0 Å². The number of hydrogen-bond acceptors (Lipinski definition) is 14. The number of carbonyl (C=O) groups excluding carboxylic acids is 3. The van der Waals surface area contributed by atoms with Crippen LogP contribution in [0, 0.1) is 0 Å². The third kappa shape index (κ3) is 92.7. The lowest BCUT2D eigenvalue weighted by atomic mass is 10.0.